The molecular weight excluding hydrogens is 432 g/mol. The molecule has 3 fully saturated rings. The summed E-state index contributed by atoms with van der Waals surface area (Å²) >= 11 is 0. The summed E-state index contributed by atoms with van der Waals surface area (Å²) in [5.74, 6) is 0.683. The van der Waals surface area contributed by atoms with Gasteiger partial charge in [0.2, 0.25) is 0 Å². The number of hydrogen-bond acceptors (Lipinski definition) is 4. The van der Waals surface area contributed by atoms with Crippen LogP contribution < -0.4 is 5.73 Å². The second-order valence-corrected chi connectivity index (χ2v) is 15.1. The predicted molar refractivity (Wildman–Crippen MR) is 140 cm³/mol. The average molecular weight is 481 g/mol. The van der Waals surface area contributed by atoms with Crippen molar-refractivity contribution >= 4 is 11.6 Å². The zero-order valence-corrected chi connectivity index (χ0v) is 23.5. The second-order valence-electron chi connectivity index (χ2n) is 15.1. The largest absolute Gasteiger partial charge is 0.325 e. The van der Waals surface area contributed by atoms with E-state index in [-0.39, 0.29) is 50.7 Å². The molecule has 4 aliphatic carbocycles. The fourth-order valence-corrected chi connectivity index (χ4v) is 9.28. The van der Waals surface area contributed by atoms with Gasteiger partial charge in [-0.3, -0.25) is 9.59 Å². The Morgan fingerprint density at radius 1 is 0.829 bits per heavy atom. The number of carbonyl (C=O) groups is 2. The number of hydrogen-bond donors (Lipinski definition) is 1. The number of ketones is 2. The first-order valence-corrected chi connectivity index (χ1v) is 13.9. The molecule has 0 amide bonds. The molecule has 2 N–H and O–H groups in total. The van der Waals surface area contributed by atoms with Crippen molar-refractivity contribution in [1.29, 1.82) is 5.26 Å². The monoisotopic (exact) mass is 480 g/mol. The summed E-state index contributed by atoms with van der Waals surface area (Å²) in [5.41, 5.74) is 5.96. The van der Waals surface area contributed by atoms with Gasteiger partial charge in [-0.25, -0.2) is 0 Å². The van der Waals surface area contributed by atoms with Crippen LogP contribution in [0, 0.1) is 56.2 Å². The molecule has 0 spiro atoms. The van der Waals surface area contributed by atoms with E-state index in [9.17, 15) is 14.9 Å². The molecule has 0 bridgehead atoms. The maximum Gasteiger partial charge on any atom is 0.178 e. The highest BCUT2D eigenvalue weighted by Gasteiger charge is 2.68. The van der Waals surface area contributed by atoms with Gasteiger partial charge in [-0.1, -0.05) is 54.5 Å². The summed E-state index contributed by atoms with van der Waals surface area (Å²) in [6.07, 6.45) is 10.5. The van der Waals surface area contributed by atoms with Crippen molar-refractivity contribution in [1.82, 2.24) is 0 Å². The van der Waals surface area contributed by atoms with Gasteiger partial charge in [0, 0.05) is 23.3 Å². The lowest BCUT2D eigenvalue weighted by molar-refractivity contribution is -0.191. The van der Waals surface area contributed by atoms with Gasteiger partial charge in [-0.2, -0.15) is 5.26 Å². The van der Waals surface area contributed by atoms with Gasteiger partial charge >= 0.3 is 0 Å². The molecule has 0 aromatic rings. The fraction of sp³-hybridized carbons (Fsp3) is 0.839. The third-order valence-electron chi connectivity index (χ3n) is 12.1. The number of nitriles is 1. The van der Waals surface area contributed by atoms with Crippen molar-refractivity contribution in [2.24, 2.45) is 50.6 Å². The number of Topliss-reactive ketones (excluding diaryl/α,β-unsaturated/α-hetero) is 2. The number of rotatable bonds is 0. The molecule has 0 aromatic carbocycles. The molecule has 0 saturated heterocycles. The first-order valence-electron chi connectivity index (χ1n) is 13.9. The SMILES string of the molecule is CC1(C)CCC2C(=O)C[C@@H]3[C@@]4(C)C=C(C#N)C(=O)C(C)(C)[C@@H]4CC[C@@]3(C)[C@]2(C)CC[C@@](C)(N)CC1. The highest BCUT2D eigenvalue weighted by molar-refractivity contribution is 6.04. The van der Waals surface area contributed by atoms with Crippen LogP contribution in [0.25, 0.3) is 0 Å². The van der Waals surface area contributed by atoms with Crippen LogP contribution in [0.2, 0.25) is 0 Å². The van der Waals surface area contributed by atoms with Crippen molar-refractivity contribution in [3.05, 3.63) is 11.6 Å². The molecule has 4 rings (SSSR count). The summed E-state index contributed by atoms with van der Waals surface area (Å²) in [4.78, 5) is 27.3. The number of allylic oxidation sites excluding steroid dienone is 2. The molecule has 1 unspecified atom stereocenters. The minimum Gasteiger partial charge on any atom is -0.325 e. The van der Waals surface area contributed by atoms with Gasteiger partial charge < -0.3 is 5.73 Å². The Bertz CT molecular complexity index is 998. The Hall–Kier alpha value is -1.47. The van der Waals surface area contributed by atoms with E-state index in [1.165, 1.54) is 0 Å². The molecule has 194 valence electrons. The Labute approximate surface area is 213 Å². The van der Waals surface area contributed by atoms with Crippen molar-refractivity contribution in [3.8, 4) is 6.07 Å². The lowest BCUT2D eigenvalue weighted by Gasteiger charge is -2.68. The van der Waals surface area contributed by atoms with Crippen LogP contribution in [0.1, 0.15) is 113 Å². The third kappa shape index (κ3) is 3.87. The number of carbonyl (C=O) groups excluding carboxylic acids is 2. The summed E-state index contributed by atoms with van der Waals surface area (Å²) < 4.78 is 0. The van der Waals surface area contributed by atoms with Crippen LogP contribution in [0.15, 0.2) is 11.6 Å². The van der Waals surface area contributed by atoms with Crippen molar-refractivity contribution < 1.29 is 9.59 Å². The van der Waals surface area contributed by atoms with E-state index in [0.717, 1.165) is 51.4 Å². The summed E-state index contributed by atoms with van der Waals surface area (Å²) in [7, 11) is 0. The lowest BCUT2D eigenvalue weighted by Crippen LogP contribution is -2.65. The first-order chi connectivity index (χ1) is 15.9. The van der Waals surface area contributed by atoms with E-state index < -0.39 is 5.41 Å². The van der Waals surface area contributed by atoms with Crippen LogP contribution in [0.4, 0.5) is 0 Å². The molecular formula is C31H48N2O2. The summed E-state index contributed by atoms with van der Waals surface area (Å²) in [6, 6.07) is 2.22. The van der Waals surface area contributed by atoms with E-state index in [2.05, 4.69) is 47.6 Å². The molecule has 0 aromatic heterocycles. The third-order valence-corrected chi connectivity index (χ3v) is 12.1. The Morgan fingerprint density at radius 2 is 1.46 bits per heavy atom. The zero-order chi connectivity index (χ0) is 26.2. The molecule has 0 heterocycles. The van der Waals surface area contributed by atoms with Crippen molar-refractivity contribution in [2.45, 2.75) is 119 Å². The van der Waals surface area contributed by atoms with Crippen molar-refractivity contribution in [3.63, 3.8) is 0 Å². The molecule has 0 radical (unpaired) electrons. The van der Waals surface area contributed by atoms with E-state index >= 15 is 0 Å². The van der Waals surface area contributed by atoms with Crippen LogP contribution >= 0.6 is 0 Å². The quantitative estimate of drug-likeness (QED) is 0.414. The molecule has 35 heavy (non-hydrogen) atoms. The highest BCUT2D eigenvalue weighted by atomic mass is 16.1. The molecule has 4 heteroatoms. The summed E-state index contributed by atoms with van der Waals surface area (Å²) in [5, 5.41) is 9.86. The fourth-order valence-electron chi connectivity index (χ4n) is 9.28. The maximum absolute atomic E-state index is 14.1. The number of fused-ring (bicyclic) bond motifs is 5. The van der Waals surface area contributed by atoms with E-state index in [1.54, 1.807) is 0 Å². The van der Waals surface area contributed by atoms with Crippen LogP contribution in [0.3, 0.4) is 0 Å². The topological polar surface area (TPSA) is 84.0 Å². The van der Waals surface area contributed by atoms with E-state index in [1.807, 2.05) is 19.9 Å². The van der Waals surface area contributed by atoms with Gasteiger partial charge in [0.1, 0.15) is 11.9 Å². The maximum atomic E-state index is 14.1. The molecule has 4 aliphatic rings. The van der Waals surface area contributed by atoms with Crippen LogP contribution in [-0.2, 0) is 9.59 Å². The smallest absolute Gasteiger partial charge is 0.178 e. The minimum atomic E-state index is -0.590. The van der Waals surface area contributed by atoms with Gasteiger partial charge in [0.15, 0.2) is 5.78 Å². The number of nitrogens with zero attached hydrogens (tertiary/aromatic N) is 1. The highest BCUT2D eigenvalue weighted by Crippen LogP contribution is 2.72. The summed E-state index contributed by atoms with van der Waals surface area (Å²) in [6.45, 7) is 18.0. The molecule has 0 aliphatic heterocycles. The lowest BCUT2D eigenvalue weighted by atomic mass is 9.35. The standard InChI is InChI=1S/C31H48N2O2/c1-26(2)11-9-21-22(34)17-24-29(6)18-20(19-32)25(35)27(3,4)23(29)10-12-31(24,8)30(21,7)16-15-28(5,33)14-13-26/h18,21,23-24H,9-17,33H2,1-8H3/t21?,23-,24+,28-,29-,30+,31+/m0/s1. The van der Waals surface area contributed by atoms with Crippen LogP contribution in [0.5, 0.6) is 0 Å². The molecule has 4 nitrogen and oxygen atoms in total. The van der Waals surface area contributed by atoms with Gasteiger partial charge in [0.05, 0.1) is 5.57 Å². The van der Waals surface area contributed by atoms with Crippen LogP contribution in [-0.4, -0.2) is 17.1 Å². The van der Waals surface area contributed by atoms with Gasteiger partial charge in [0.25, 0.3) is 0 Å². The Balaban J connectivity index is 1.84. The minimum absolute atomic E-state index is 0.0304. The second kappa shape index (κ2) is 8.01. The Morgan fingerprint density at radius 3 is 2.09 bits per heavy atom. The molecule has 3 saturated carbocycles. The van der Waals surface area contributed by atoms with Gasteiger partial charge in [-0.15, -0.1) is 0 Å². The van der Waals surface area contributed by atoms with E-state index in [4.69, 9.17) is 5.73 Å². The zero-order valence-electron chi connectivity index (χ0n) is 23.5. The average Bonchev–Trinajstić information content (AvgIpc) is 2.75. The van der Waals surface area contributed by atoms with Gasteiger partial charge in [-0.05, 0) is 91.8 Å². The predicted octanol–water partition coefficient (Wildman–Crippen LogP) is 6.78. The Kier molecular flexibility index (Phi) is 6.09. The van der Waals surface area contributed by atoms with Crippen molar-refractivity contribution in [2.75, 3.05) is 0 Å². The van der Waals surface area contributed by atoms with E-state index in [0.29, 0.717) is 17.8 Å². The number of nitrogens with two attached hydrogens (primary N) is 1. The first kappa shape index (κ1) is 26.6. The normalized spacial score (nSPS) is 47.4. The molecule has 7 atom stereocenters.